The van der Waals surface area contributed by atoms with Gasteiger partial charge in [0.05, 0.1) is 6.54 Å². The number of amides is 1. The fourth-order valence-corrected chi connectivity index (χ4v) is 3.90. The molecule has 0 bridgehead atoms. The van der Waals surface area contributed by atoms with Crippen molar-refractivity contribution in [3.8, 4) is 23.0 Å². The molecule has 1 aliphatic carbocycles. The Morgan fingerprint density at radius 3 is 2.37 bits per heavy atom. The van der Waals surface area contributed by atoms with E-state index in [0.717, 1.165) is 23.2 Å². The molecule has 0 saturated carbocycles. The highest BCUT2D eigenvalue weighted by atomic mass is 16.5. The first-order chi connectivity index (χ1) is 14.7. The van der Waals surface area contributed by atoms with Crippen LogP contribution < -0.4 is 11.1 Å². The van der Waals surface area contributed by atoms with E-state index >= 15 is 0 Å². The lowest BCUT2D eigenvalue weighted by Gasteiger charge is -2.14. The van der Waals surface area contributed by atoms with Gasteiger partial charge in [0.1, 0.15) is 6.61 Å². The van der Waals surface area contributed by atoms with Crippen LogP contribution in [0.5, 0.6) is 0 Å². The number of ether oxygens (including phenoxy) is 1. The average Bonchev–Trinajstić information content (AvgIpc) is 3.10. The minimum atomic E-state index is -0.460. The number of carbonyl (C=O) groups is 1. The molecule has 30 heavy (non-hydrogen) atoms. The van der Waals surface area contributed by atoms with Crippen molar-refractivity contribution >= 4 is 11.8 Å². The van der Waals surface area contributed by atoms with Crippen LogP contribution in [0.1, 0.15) is 35.1 Å². The number of hydrogen-bond acceptors (Lipinski definition) is 3. The van der Waals surface area contributed by atoms with E-state index in [2.05, 4.69) is 48.3 Å². The molecule has 4 nitrogen and oxygen atoms in total. The average molecular weight is 396 g/mol. The number of nitrogens with two attached hydrogens (primary N) is 1. The minimum absolute atomic E-state index is 0.0523. The first-order valence-corrected chi connectivity index (χ1v) is 10.1. The number of hydrogen-bond donors (Lipinski definition) is 2. The van der Waals surface area contributed by atoms with Crippen molar-refractivity contribution in [3.63, 3.8) is 0 Å². The van der Waals surface area contributed by atoms with Gasteiger partial charge in [-0.25, -0.2) is 4.79 Å². The van der Waals surface area contributed by atoms with E-state index in [-0.39, 0.29) is 12.5 Å². The molecule has 1 aliphatic rings. The molecule has 3 aromatic carbocycles. The number of rotatable bonds is 4. The van der Waals surface area contributed by atoms with E-state index in [9.17, 15) is 4.79 Å². The van der Waals surface area contributed by atoms with Crippen LogP contribution in [0, 0.1) is 11.8 Å². The molecule has 0 spiro atoms. The zero-order chi connectivity index (χ0) is 20.9. The maximum atomic E-state index is 12.2. The molecule has 0 atom stereocenters. The SMILES string of the molecule is CCc1cc(C#CCNC(=O)OCC2c3ccccc3-c3ccccc32)ccc1N. The van der Waals surface area contributed by atoms with Crippen molar-refractivity contribution in [3.05, 3.63) is 89.0 Å². The van der Waals surface area contributed by atoms with Gasteiger partial charge in [-0.1, -0.05) is 67.3 Å². The van der Waals surface area contributed by atoms with Gasteiger partial charge in [0, 0.05) is 17.2 Å². The van der Waals surface area contributed by atoms with Crippen LogP contribution >= 0.6 is 0 Å². The van der Waals surface area contributed by atoms with E-state index in [4.69, 9.17) is 10.5 Å². The minimum Gasteiger partial charge on any atom is -0.449 e. The summed E-state index contributed by atoms with van der Waals surface area (Å²) in [4.78, 5) is 12.2. The van der Waals surface area contributed by atoms with E-state index < -0.39 is 6.09 Å². The summed E-state index contributed by atoms with van der Waals surface area (Å²) in [6.45, 7) is 2.58. The first-order valence-electron chi connectivity index (χ1n) is 10.1. The molecule has 0 aliphatic heterocycles. The van der Waals surface area contributed by atoms with Gasteiger partial charge in [0.15, 0.2) is 0 Å². The lowest BCUT2D eigenvalue weighted by molar-refractivity contribution is 0.144. The molecule has 0 radical (unpaired) electrons. The Morgan fingerprint density at radius 2 is 1.70 bits per heavy atom. The molecule has 3 aromatic rings. The van der Waals surface area contributed by atoms with Gasteiger partial charge in [-0.2, -0.15) is 0 Å². The molecule has 0 fully saturated rings. The second-order valence-electron chi connectivity index (χ2n) is 7.25. The zero-order valence-corrected chi connectivity index (χ0v) is 16.9. The van der Waals surface area contributed by atoms with Crippen molar-refractivity contribution in [2.24, 2.45) is 0 Å². The second-order valence-corrected chi connectivity index (χ2v) is 7.25. The van der Waals surface area contributed by atoms with Gasteiger partial charge in [-0.15, -0.1) is 0 Å². The van der Waals surface area contributed by atoms with Crippen LogP contribution in [0.2, 0.25) is 0 Å². The summed E-state index contributed by atoms with van der Waals surface area (Å²) in [5, 5.41) is 2.71. The molecular formula is C26H24N2O2. The zero-order valence-electron chi connectivity index (χ0n) is 16.9. The van der Waals surface area contributed by atoms with Gasteiger partial charge < -0.3 is 15.8 Å². The van der Waals surface area contributed by atoms with Crippen molar-refractivity contribution in [1.29, 1.82) is 0 Å². The molecule has 0 heterocycles. The summed E-state index contributed by atoms with van der Waals surface area (Å²) in [5.41, 5.74) is 13.5. The summed E-state index contributed by atoms with van der Waals surface area (Å²) < 4.78 is 5.51. The molecule has 0 aromatic heterocycles. The Balaban J connectivity index is 1.34. The van der Waals surface area contributed by atoms with Crippen LogP contribution in [0.3, 0.4) is 0 Å². The highest BCUT2D eigenvalue weighted by Crippen LogP contribution is 2.44. The van der Waals surface area contributed by atoms with Crippen LogP contribution in [0.4, 0.5) is 10.5 Å². The third kappa shape index (κ3) is 4.01. The fraction of sp³-hybridized carbons (Fsp3) is 0.192. The van der Waals surface area contributed by atoms with Gasteiger partial charge in [0.25, 0.3) is 0 Å². The number of nitrogens with one attached hydrogen (secondary N) is 1. The number of anilines is 1. The Bertz CT molecular complexity index is 1100. The number of nitrogen functional groups attached to an aromatic ring is 1. The Kier molecular flexibility index (Phi) is 5.72. The van der Waals surface area contributed by atoms with Crippen molar-refractivity contribution < 1.29 is 9.53 Å². The summed E-state index contributed by atoms with van der Waals surface area (Å²) in [5.74, 6) is 6.06. The Morgan fingerprint density at radius 1 is 1.03 bits per heavy atom. The summed E-state index contributed by atoms with van der Waals surface area (Å²) in [6, 6.07) is 22.3. The standard InChI is InChI=1S/C26H24N2O2/c1-2-19-16-18(13-14-25(19)27)8-7-15-28-26(29)30-17-24-22-11-5-3-9-20(22)21-10-4-6-12-23(21)24/h3-6,9-14,16,24H,2,15,17,27H2,1H3,(H,28,29). The molecule has 4 heteroatoms. The molecular weight excluding hydrogens is 372 g/mol. The third-order valence-corrected chi connectivity index (χ3v) is 5.42. The number of carbonyl (C=O) groups excluding carboxylic acids is 1. The third-order valence-electron chi connectivity index (χ3n) is 5.42. The lowest BCUT2D eigenvalue weighted by Crippen LogP contribution is -2.26. The molecule has 0 saturated heterocycles. The second kappa shape index (κ2) is 8.75. The Hall–Kier alpha value is -3.71. The highest BCUT2D eigenvalue weighted by Gasteiger charge is 2.28. The monoisotopic (exact) mass is 396 g/mol. The molecule has 0 unspecified atom stereocenters. The van der Waals surface area contributed by atoms with Crippen molar-refractivity contribution in [2.45, 2.75) is 19.3 Å². The van der Waals surface area contributed by atoms with E-state index in [1.165, 1.54) is 22.3 Å². The number of alkyl carbamates (subject to hydrolysis) is 1. The van der Waals surface area contributed by atoms with Gasteiger partial charge in [-0.3, -0.25) is 0 Å². The summed E-state index contributed by atoms with van der Waals surface area (Å²) in [6.07, 6.45) is 0.400. The van der Waals surface area contributed by atoms with Crippen LogP contribution in [0.25, 0.3) is 11.1 Å². The van der Waals surface area contributed by atoms with Crippen LogP contribution in [-0.4, -0.2) is 19.2 Å². The maximum Gasteiger partial charge on any atom is 0.407 e. The molecule has 3 N–H and O–H groups in total. The Labute approximate surface area is 177 Å². The molecule has 150 valence electrons. The number of fused-ring (bicyclic) bond motifs is 3. The smallest absolute Gasteiger partial charge is 0.407 e. The maximum absolute atomic E-state index is 12.2. The fourth-order valence-electron chi connectivity index (χ4n) is 3.90. The highest BCUT2D eigenvalue weighted by molar-refractivity contribution is 5.79. The molecule has 1 amide bonds. The van der Waals surface area contributed by atoms with Gasteiger partial charge in [-0.05, 0) is 52.4 Å². The predicted molar refractivity (Wildman–Crippen MR) is 120 cm³/mol. The quantitative estimate of drug-likeness (QED) is 0.495. The normalized spacial score (nSPS) is 11.8. The topological polar surface area (TPSA) is 64.3 Å². The van der Waals surface area contributed by atoms with Crippen molar-refractivity contribution in [1.82, 2.24) is 5.32 Å². The lowest BCUT2D eigenvalue weighted by atomic mass is 9.98. The summed E-state index contributed by atoms with van der Waals surface area (Å²) in [7, 11) is 0. The number of benzene rings is 3. The van der Waals surface area contributed by atoms with Gasteiger partial charge >= 0.3 is 6.09 Å². The van der Waals surface area contributed by atoms with E-state index in [1.807, 2.05) is 42.5 Å². The molecule has 4 rings (SSSR count). The predicted octanol–water partition coefficient (Wildman–Crippen LogP) is 4.72. The van der Waals surface area contributed by atoms with Crippen molar-refractivity contribution in [2.75, 3.05) is 18.9 Å². The van der Waals surface area contributed by atoms with Crippen LogP contribution in [0.15, 0.2) is 66.7 Å². The largest absolute Gasteiger partial charge is 0.449 e. The van der Waals surface area contributed by atoms with E-state index in [1.54, 1.807) is 0 Å². The van der Waals surface area contributed by atoms with Crippen LogP contribution in [-0.2, 0) is 11.2 Å². The van der Waals surface area contributed by atoms with E-state index in [0.29, 0.717) is 6.61 Å². The van der Waals surface area contributed by atoms with Gasteiger partial charge in [0.2, 0.25) is 0 Å². The summed E-state index contributed by atoms with van der Waals surface area (Å²) >= 11 is 0. The first kappa shape index (κ1) is 19.6. The number of aryl methyl sites for hydroxylation is 1.